The van der Waals surface area contributed by atoms with Gasteiger partial charge in [-0.1, -0.05) is 108 Å². The summed E-state index contributed by atoms with van der Waals surface area (Å²) in [7, 11) is 0. The van der Waals surface area contributed by atoms with E-state index in [2.05, 4.69) is 49.2 Å². The standard InChI is InChI=1S/C32H42FN/c1-3-5-7-9-11-13-15-27-18-22-30(31(33)24-27)32-23-21-29(25-34-32)28-19-16-26(17-20-28)14-12-10-8-6-4-2/h16-25H,3-15H2,1-2H3. The fourth-order valence-electron chi connectivity index (χ4n) is 4.55. The molecule has 0 amide bonds. The lowest BCUT2D eigenvalue weighted by molar-refractivity contribution is 0.603. The van der Waals surface area contributed by atoms with E-state index in [-0.39, 0.29) is 5.82 Å². The number of pyridine rings is 1. The highest BCUT2D eigenvalue weighted by Crippen LogP contribution is 2.26. The molecule has 0 aliphatic carbocycles. The van der Waals surface area contributed by atoms with Crippen LogP contribution in [0.2, 0.25) is 0 Å². The van der Waals surface area contributed by atoms with Crippen LogP contribution in [0.4, 0.5) is 4.39 Å². The number of hydrogen-bond acceptors (Lipinski definition) is 1. The van der Waals surface area contributed by atoms with Crippen LogP contribution in [0.25, 0.3) is 22.4 Å². The van der Waals surface area contributed by atoms with E-state index < -0.39 is 0 Å². The van der Waals surface area contributed by atoms with Gasteiger partial charge < -0.3 is 0 Å². The third kappa shape index (κ3) is 8.38. The van der Waals surface area contributed by atoms with Gasteiger partial charge in [0.15, 0.2) is 0 Å². The zero-order chi connectivity index (χ0) is 24.0. The summed E-state index contributed by atoms with van der Waals surface area (Å²) in [4.78, 5) is 4.58. The highest BCUT2D eigenvalue weighted by Gasteiger charge is 2.09. The van der Waals surface area contributed by atoms with Gasteiger partial charge in [0.2, 0.25) is 0 Å². The molecule has 0 unspecified atom stereocenters. The van der Waals surface area contributed by atoms with Crippen LogP contribution >= 0.6 is 0 Å². The van der Waals surface area contributed by atoms with Crippen LogP contribution in [0.5, 0.6) is 0 Å². The minimum absolute atomic E-state index is 0.174. The largest absolute Gasteiger partial charge is 0.256 e. The van der Waals surface area contributed by atoms with Crippen LogP contribution < -0.4 is 0 Å². The third-order valence-corrected chi connectivity index (χ3v) is 6.75. The Morgan fingerprint density at radius 2 is 1.15 bits per heavy atom. The molecule has 0 saturated carbocycles. The summed E-state index contributed by atoms with van der Waals surface area (Å²) in [6, 6.07) is 18.4. The maximum Gasteiger partial charge on any atom is 0.132 e. The molecule has 0 bridgehead atoms. The Labute approximate surface area is 206 Å². The summed E-state index contributed by atoms with van der Waals surface area (Å²) in [6.07, 6.45) is 18.1. The molecular weight excluding hydrogens is 417 g/mol. The van der Waals surface area contributed by atoms with Crippen molar-refractivity contribution in [2.75, 3.05) is 0 Å². The fourth-order valence-corrected chi connectivity index (χ4v) is 4.55. The summed E-state index contributed by atoms with van der Waals surface area (Å²) in [6.45, 7) is 4.49. The Bertz CT molecular complexity index is 959. The number of benzene rings is 2. The maximum atomic E-state index is 14.8. The van der Waals surface area contributed by atoms with Gasteiger partial charge in [-0.05, 0) is 60.6 Å². The lowest BCUT2D eigenvalue weighted by Gasteiger charge is -2.08. The van der Waals surface area contributed by atoms with E-state index in [0.717, 1.165) is 36.0 Å². The molecule has 0 saturated heterocycles. The molecule has 1 heterocycles. The van der Waals surface area contributed by atoms with E-state index in [1.54, 1.807) is 6.07 Å². The summed E-state index contributed by atoms with van der Waals surface area (Å²) < 4.78 is 14.8. The summed E-state index contributed by atoms with van der Waals surface area (Å²) in [5.41, 5.74) is 5.97. The minimum atomic E-state index is -0.174. The molecule has 34 heavy (non-hydrogen) atoms. The molecule has 182 valence electrons. The third-order valence-electron chi connectivity index (χ3n) is 6.75. The zero-order valence-corrected chi connectivity index (χ0v) is 21.3. The van der Waals surface area contributed by atoms with Crippen molar-refractivity contribution in [3.05, 3.63) is 77.7 Å². The Hall–Kier alpha value is -2.48. The first kappa shape index (κ1) is 26.1. The molecule has 1 aromatic heterocycles. The molecule has 3 rings (SSSR count). The normalized spacial score (nSPS) is 11.1. The van der Waals surface area contributed by atoms with Gasteiger partial charge in [-0.15, -0.1) is 0 Å². The molecule has 0 radical (unpaired) electrons. The number of hydrogen-bond donors (Lipinski definition) is 0. The van der Waals surface area contributed by atoms with Gasteiger partial charge in [-0.25, -0.2) is 4.39 Å². The highest BCUT2D eigenvalue weighted by atomic mass is 19.1. The van der Waals surface area contributed by atoms with Crippen LogP contribution in [0.15, 0.2) is 60.8 Å². The van der Waals surface area contributed by atoms with Gasteiger partial charge in [-0.3, -0.25) is 4.98 Å². The van der Waals surface area contributed by atoms with Crippen molar-refractivity contribution < 1.29 is 4.39 Å². The number of rotatable bonds is 15. The smallest absolute Gasteiger partial charge is 0.132 e. The predicted octanol–water partition coefficient (Wildman–Crippen LogP) is 9.97. The van der Waals surface area contributed by atoms with E-state index >= 15 is 0 Å². The SMILES string of the molecule is CCCCCCCCc1ccc(-c2ccc(-c3ccc(CCCCCCC)cc3)cn2)c(F)c1. The first-order valence-electron chi connectivity index (χ1n) is 13.6. The summed E-state index contributed by atoms with van der Waals surface area (Å²) in [5, 5.41) is 0. The molecule has 1 nitrogen and oxygen atoms in total. The number of aromatic nitrogens is 1. The first-order chi connectivity index (χ1) is 16.7. The molecule has 2 heteroatoms. The van der Waals surface area contributed by atoms with E-state index in [1.165, 1.54) is 69.8 Å². The maximum absolute atomic E-state index is 14.8. The second-order valence-electron chi connectivity index (χ2n) is 9.63. The average molecular weight is 460 g/mol. The van der Waals surface area contributed by atoms with E-state index in [4.69, 9.17) is 0 Å². The zero-order valence-electron chi connectivity index (χ0n) is 21.3. The molecule has 0 N–H and O–H groups in total. The Morgan fingerprint density at radius 1 is 0.588 bits per heavy atom. The molecule has 2 aromatic carbocycles. The minimum Gasteiger partial charge on any atom is -0.256 e. The van der Waals surface area contributed by atoms with Gasteiger partial charge in [0.25, 0.3) is 0 Å². The second kappa shape index (κ2) is 14.7. The van der Waals surface area contributed by atoms with Crippen LogP contribution in [0.1, 0.15) is 95.6 Å². The Balaban J connectivity index is 1.53. The van der Waals surface area contributed by atoms with E-state index in [9.17, 15) is 4.39 Å². The van der Waals surface area contributed by atoms with Crippen molar-refractivity contribution in [1.29, 1.82) is 0 Å². The second-order valence-corrected chi connectivity index (χ2v) is 9.63. The molecule has 0 aliphatic rings. The van der Waals surface area contributed by atoms with Crippen LogP contribution in [0.3, 0.4) is 0 Å². The summed E-state index contributed by atoms with van der Waals surface area (Å²) in [5.74, 6) is -0.174. The molecule has 0 aliphatic heterocycles. The molecular formula is C32H42FN. The van der Waals surface area contributed by atoms with Gasteiger partial charge in [0.1, 0.15) is 5.82 Å². The van der Waals surface area contributed by atoms with Crippen LogP contribution in [-0.2, 0) is 12.8 Å². The van der Waals surface area contributed by atoms with Crippen molar-refractivity contribution >= 4 is 0 Å². The van der Waals surface area contributed by atoms with Crippen molar-refractivity contribution in [3.63, 3.8) is 0 Å². The lowest BCUT2D eigenvalue weighted by Crippen LogP contribution is -1.93. The van der Waals surface area contributed by atoms with Crippen molar-refractivity contribution in [2.24, 2.45) is 0 Å². The summed E-state index contributed by atoms with van der Waals surface area (Å²) >= 11 is 0. The monoisotopic (exact) mass is 459 g/mol. The van der Waals surface area contributed by atoms with Gasteiger partial charge in [-0.2, -0.15) is 0 Å². The number of nitrogens with zero attached hydrogens (tertiary/aromatic N) is 1. The number of unbranched alkanes of at least 4 members (excludes halogenated alkanes) is 9. The number of aryl methyl sites for hydroxylation is 2. The lowest BCUT2D eigenvalue weighted by atomic mass is 10.0. The van der Waals surface area contributed by atoms with Crippen molar-refractivity contribution in [3.8, 4) is 22.4 Å². The Morgan fingerprint density at radius 3 is 1.74 bits per heavy atom. The van der Waals surface area contributed by atoms with E-state index in [1.807, 2.05) is 24.4 Å². The number of halogens is 1. The topological polar surface area (TPSA) is 12.9 Å². The predicted molar refractivity (Wildman–Crippen MR) is 145 cm³/mol. The van der Waals surface area contributed by atoms with Crippen molar-refractivity contribution in [1.82, 2.24) is 4.98 Å². The molecule has 0 fully saturated rings. The molecule has 0 atom stereocenters. The van der Waals surface area contributed by atoms with E-state index in [0.29, 0.717) is 11.3 Å². The van der Waals surface area contributed by atoms with Gasteiger partial charge in [0, 0.05) is 17.3 Å². The molecule has 3 aromatic rings. The van der Waals surface area contributed by atoms with Crippen LogP contribution in [-0.4, -0.2) is 4.98 Å². The molecule has 0 spiro atoms. The van der Waals surface area contributed by atoms with Gasteiger partial charge in [0.05, 0.1) is 5.69 Å². The quantitative estimate of drug-likeness (QED) is 0.206. The first-order valence-corrected chi connectivity index (χ1v) is 13.6. The van der Waals surface area contributed by atoms with Crippen LogP contribution in [0, 0.1) is 5.82 Å². The Kier molecular flexibility index (Phi) is 11.3. The van der Waals surface area contributed by atoms with Crippen molar-refractivity contribution in [2.45, 2.75) is 97.3 Å². The van der Waals surface area contributed by atoms with Gasteiger partial charge >= 0.3 is 0 Å². The highest BCUT2D eigenvalue weighted by molar-refractivity contribution is 5.67. The fraction of sp³-hybridized carbons (Fsp3) is 0.469. The average Bonchev–Trinajstić information content (AvgIpc) is 2.87.